The van der Waals surface area contributed by atoms with Crippen molar-refractivity contribution in [3.05, 3.63) is 84.2 Å². The number of imidazole rings is 1. The molecule has 0 spiro atoms. The molecule has 0 saturated carbocycles. The summed E-state index contributed by atoms with van der Waals surface area (Å²) in [6.07, 6.45) is -0.762. The molecule has 1 aliphatic heterocycles. The average Bonchev–Trinajstić information content (AvgIpc) is 3.17. The van der Waals surface area contributed by atoms with Crippen LogP contribution in [0.15, 0.2) is 72.8 Å². The molecule has 2 amide bonds. The fourth-order valence-corrected chi connectivity index (χ4v) is 4.24. The number of aryl methyl sites for hydroxylation is 1. The minimum absolute atomic E-state index is 0.141. The summed E-state index contributed by atoms with van der Waals surface area (Å²) in [6, 6.07) is 22.8. The minimum Gasteiger partial charge on any atom is -0.476 e. The van der Waals surface area contributed by atoms with E-state index in [1.807, 2.05) is 73.7 Å². The first-order valence-electron chi connectivity index (χ1n) is 10.8. The van der Waals surface area contributed by atoms with E-state index in [1.54, 1.807) is 25.1 Å². The predicted octanol–water partition coefficient (Wildman–Crippen LogP) is 3.83. The first kappa shape index (κ1) is 20.8. The van der Waals surface area contributed by atoms with Gasteiger partial charge in [0.25, 0.3) is 11.8 Å². The maximum absolute atomic E-state index is 13.6. The summed E-state index contributed by atoms with van der Waals surface area (Å²) < 4.78 is 7.98. The van der Waals surface area contributed by atoms with Gasteiger partial charge in [-0.2, -0.15) is 0 Å². The molecule has 2 heterocycles. The molecule has 7 heteroatoms. The van der Waals surface area contributed by atoms with Crippen molar-refractivity contribution in [3.8, 4) is 11.4 Å². The van der Waals surface area contributed by atoms with E-state index in [9.17, 15) is 9.59 Å². The molecule has 1 atom stereocenters. The smallest absolute Gasteiger partial charge is 0.265 e. The van der Waals surface area contributed by atoms with Crippen molar-refractivity contribution in [3.63, 3.8) is 0 Å². The number of carbonyl (C=O) groups excluding carboxylic acids is 2. The van der Waals surface area contributed by atoms with E-state index in [1.165, 1.54) is 4.90 Å². The number of benzene rings is 3. The quantitative estimate of drug-likeness (QED) is 0.486. The van der Waals surface area contributed by atoms with Gasteiger partial charge in [-0.05, 0) is 49.4 Å². The van der Waals surface area contributed by atoms with E-state index in [2.05, 4.69) is 4.57 Å². The molecule has 166 valence electrons. The zero-order valence-corrected chi connectivity index (χ0v) is 18.7. The second-order valence-corrected chi connectivity index (χ2v) is 8.26. The van der Waals surface area contributed by atoms with Gasteiger partial charge in [0.2, 0.25) is 0 Å². The molecule has 0 bridgehead atoms. The largest absolute Gasteiger partial charge is 0.476 e. The van der Waals surface area contributed by atoms with Crippen molar-refractivity contribution in [2.24, 2.45) is 0 Å². The number of nitrogens with zero attached hydrogens (tertiary/aromatic N) is 4. The molecule has 1 aromatic heterocycles. The molecule has 0 fully saturated rings. The molecular weight excluding hydrogens is 416 g/mol. The highest BCUT2D eigenvalue weighted by Crippen LogP contribution is 2.35. The Balaban J connectivity index is 1.53. The Hall–Kier alpha value is -4.13. The van der Waals surface area contributed by atoms with Crippen molar-refractivity contribution in [2.45, 2.75) is 13.0 Å². The number of carbonyl (C=O) groups is 2. The van der Waals surface area contributed by atoms with Crippen LogP contribution >= 0.6 is 0 Å². The highest BCUT2D eigenvalue weighted by molar-refractivity contribution is 6.09. The molecule has 4 aromatic rings. The van der Waals surface area contributed by atoms with Crippen molar-refractivity contribution < 1.29 is 14.3 Å². The summed E-state index contributed by atoms with van der Waals surface area (Å²) in [5.41, 5.74) is 3.84. The van der Waals surface area contributed by atoms with E-state index in [4.69, 9.17) is 9.72 Å². The fraction of sp³-hybridized carbons (Fsp3) is 0.192. The van der Waals surface area contributed by atoms with Gasteiger partial charge in [0.1, 0.15) is 11.6 Å². The third kappa shape index (κ3) is 3.61. The first-order valence-corrected chi connectivity index (χ1v) is 10.8. The monoisotopic (exact) mass is 440 g/mol. The minimum atomic E-state index is -0.762. The molecule has 0 saturated heterocycles. The second kappa shape index (κ2) is 8.09. The lowest BCUT2D eigenvalue weighted by Gasteiger charge is -2.35. The van der Waals surface area contributed by atoms with Crippen LogP contribution in [-0.4, -0.2) is 53.0 Å². The highest BCUT2D eigenvalue weighted by atomic mass is 16.5. The molecule has 0 radical (unpaired) electrons. The van der Waals surface area contributed by atoms with Gasteiger partial charge >= 0.3 is 0 Å². The van der Waals surface area contributed by atoms with Crippen LogP contribution in [0.4, 0.5) is 5.69 Å². The van der Waals surface area contributed by atoms with Gasteiger partial charge in [-0.3, -0.25) is 14.2 Å². The van der Waals surface area contributed by atoms with E-state index in [0.29, 0.717) is 17.0 Å². The lowest BCUT2D eigenvalue weighted by atomic mass is 10.1. The van der Waals surface area contributed by atoms with Gasteiger partial charge < -0.3 is 14.5 Å². The molecule has 7 nitrogen and oxygen atoms in total. The maximum atomic E-state index is 13.6. The van der Waals surface area contributed by atoms with Gasteiger partial charge in [-0.25, -0.2) is 4.98 Å². The molecule has 5 rings (SSSR count). The van der Waals surface area contributed by atoms with Crippen LogP contribution in [0.25, 0.3) is 16.7 Å². The third-order valence-corrected chi connectivity index (χ3v) is 5.82. The predicted molar refractivity (Wildman–Crippen MR) is 127 cm³/mol. The molecule has 3 aromatic carbocycles. The summed E-state index contributed by atoms with van der Waals surface area (Å²) in [4.78, 5) is 34.0. The molecule has 0 N–H and O–H groups in total. The SMILES string of the molecule is Cc1nc2cc(C(=O)N3CC(C(=O)N(C)C)Oc4ccccc43)ccc2n1-c1ccccc1. The number of rotatable bonds is 3. The Morgan fingerprint density at radius 3 is 2.48 bits per heavy atom. The summed E-state index contributed by atoms with van der Waals surface area (Å²) in [5, 5.41) is 0. The Kier molecular flexibility index (Phi) is 5.09. The number of fused-ring (bicyclic) bond motifs is 2. The lowest BCUT2D eigenvalue weighted by Crippen LogP contribution is -2.50. The molecule has 33 heavy (non-hydrogen) atoms. The molecule has 0 aliphatic carbocycles. The van der Waals surface area contributed by atoms with Crippen molar-refractivity contribution in [1.82, 2.24) is 14.5 Å². The molecular formula is C26H24N4O3. The Morgan fingerprint density at radius 2 is 1.73 bits per heavy atom. The summed E-state index contributed by atoms with van der Waals surface area (Å²) in [5.74, 6) is 0.975. The fourth-order valence-electron chi connectivity index (χ4n) is 4.24. The normalized spacial score (nSPS) is 15.1. The van der Waals surface area contributed by atoms with E-state index < -0.39 is 6.10 Å². The number of aromatic nitrogens is 2. The number of likely N-dealkylation sites (N-methyl/N-ethyl adjacent to an activating group) is 1. The standard InChI is InChI=1S/C26H24N4O3/c1-17-27-20-15-18(13-14-21(20)30(17)19-9-5-4-6-10-19)25(31)29-16-24(26(32)28(2)3)33-23-12-8-7-11-22(23)29/h4-15,24H,16H2,1-3H3. The van der Waals surface area contributed by atoms with Crippen molar-refractivity contribution in [2.75, 3.05) is 25.5 Å². The highest BCUT2D eigenvalue weighted by Gasteiger charge is 2.35. The van der Waals surface area contributed by atoms with Crippen molar-refractivity contribution in [1.29, 1.82) is 0 Å². The maximum Gasteiger partial charge on any atom is 0.265 e. The summed E-state index contributed by atoms with van der Waals surface area (Å²) in [6.45, 7) is 2.09. The zero-order chi connectivity index (χ0) is 23.1. The topological polar surface area (TPSA) is 67.7 Å². The first-order chi connectivity index (χ1) is 15.9. The van der Waals surface area contributed by atoms with Gasteiger partial charge in [0.05, 0.1) is 23.3 Å². The number of anilines is 1. The van der Waals surface area contributed by atoms with E-state index in [0.717, 1.165) is 22.5 Å². The summed E-state index contributed by atoms with van der Waals surface area (Å²) in [7, 11) is 3.36. The lowest BCUT2D eigenvalue weighted by molar-refractivity contribution is -0.135. The van der Waals surface area contributed by atoms with Gasteiger partial charge in [0, 0.05) is 25.3 Å². The van der Waals surface area contributed by atoms with Crippen LogP contribution in [0, 0.1) is 6.92 Å². The van der Waals surface area contributed by atoms with Crippen LogP contribution < -0.4 is 9.64 Å². The Morgan fingerprint density at radius 1 is 1.00 bits per heavy atom. The number of hydrogen-bond donors (Lipinski definition) is 0. The number of para-hydroxylation sites is 3. The van der Waals surface area contributed by atoms with Gasteiger partial charge in [-0.15, -0.1) is 0 Å². The van der Waals surface area contributed by atoms with Crippen LogP contribution in [0.3, 0.4) is 0 Å². The molecule has 1 aliphatic rings. The Labute approximate surface area is 191 Å². The summed E-state index contributed by atoms with van der Waals surface area (Å²) >= 11 is 0. The van der Waals surface area contributed by atoms with Crippen LogP contribution in [0.2, 0.25) is 0 Å². The zero-order valence-electron chi connectivity index (χ0n) is 18.7. The number of amides is 2. The second-order valence-electron chi connectivity index (χ2n) is 8.26. The van der Waals surface area contributed by atoms with Crippen LogP contribution in [0.1, 0.15) is 16.2 Å². The number of hydrogen-bond acceptors (Lipinski definition) is 4. The molecule has 1 unspecified atom stereocenters. The van der Waals surface area contributed by atoms with Gasteiger partial charge in [0.15, 0.2) is 6.10 Å². The number of ether oxygens (including phenoxy) is 1. The van der Waals surface area contributed by atoms with Crippen LogP contribution in [-0.2, 0) is 4.79 Å². The Bertz CT molecular complexity index is 1360. The third-order valence-electron chi connectivity index (χ3n) is 5.82. The van der Waals surface area contributed by atoms with Gasteiger partial charge in [-0.1, -0.05) is 30.3 Å². The van der Waals surface area contributed by atoms with E-state index >= 15 is 0 Å². The van der Waals surface area contributed by atoms with E-state index in [-0.39, 0.29) is 18.4 Å². The van der Waals surface area contributed by atoms with Crippen molar-refractivity contribution >= 4 is 28.5 Å². The van der Waals surface area contributed by atoms with Crippen LogP contribution in [0.5, 0.6) is 5.75 Å². The average molecular weight is 441 g/mol.